The molecule has 0 radical (unpaired) electrons. The van der Waals surface area contributed by atoms with Crippen molar-refractivity contribution in [3.05, 3.63) is 46.8 Å². The van der Waals surface area contributed by atoms with Gasteiger partial charge in [-0.2, -0.15) is 9.40 Å². The number of aromatic nitrogens is 2. The molecule has 0 saturated carbocycles. The summed E-state index contributed by atoms with van der Waals surface area (Å²) >= 11 is 0. The first-order chi connectivity index (χ1) is 14.6. The van der Waals surface area contributed by atoms with Gasteiger partial charge in [0, 0.05) is 24.7 Å². The van der Waals surface area contributed by atoms with Crippen LogP contribution in [0.15, 0.2) is 29.2 Å². The molecular weight excluding hydrogens is 412 g/mol. The Kier molecular flexibility index (Phi) is 7.21. The number of aryl methyl sites for hydroxylation is 1. The number of amides is 1. The van der Waals surface area contributed by atoms with Crippen LogP contribution in [0.4, 0.5) is 0 Å². The van der Waals surface area contributed by atoms with Crippen LogP contribution in [0.25, 0.3) is 0 Å². The normalized spacial score (nSPS) is 16.9. The van der Waals surface area contributed by atoms with Crippen LogP contribution in [0.3, 0.4) is 0 Å². The van der Waals surface area contributed by atoms with Gasteiger partial charge in [-0.15, -0.1) is 0 Å². The van der Waals surface area contributed by atoms with Gasteiger partial charge in [0.1, 0.15) is 4.90 Å². The third kappa shape index (κ3) is 5.18. The summed E-state index contributed by atoms with van der Waals surface area (Å²) in [4.78, 5) is 12.6. The quantitative estimate of drug-likeness (QED) is 0.706. The van der Waals surface area contributed by atoms with Crippen LogP contribution in [0, 0.1) is 19.8 Å². The van der Waals surface area contributed by atoms with E-state index in [1.807, 2.05) is 32.9 Å². The highest BCUT2D eigenvalue weighted by Crippen LogP contribution is 2.28. The van der Waals surface area contributed by atoms with Gasteiger partial charge >= 0.3 is 0 Å². The van der Waals surface area contributed by atoms with Crippen molar-refractivity contribution in [2.45, 2.75) is 71.4 Å². The smallest absolute Gasteiger partial charge is 0.251 e. The summed E-state index contributed by atoms with van der Waals surface area (Å²) in [5.74, 6) is 0.475. The number of carbonyl (C=O) groups is 1. The molecule has 0 aliphatic carbocycles. The molecule has 1 aliphatic rings. The number of hydrogen-bond donors (Lipinski definition) is 1. The minimum atomic E-state index is -3.55. The van der Waals surface area contributed by atoms with E-state index in [9.17, 15) is 13.2 Å². The minimum absolute atomic E-state index is 0.0868. The fraction of sp³-hybridized carbons (Fsp3) is 0.565. The Morgan fingerprint density at radius 3 is 2.39 bits per heavy atom. The van der Waals surface area contributed by atoms with E-state index in [1.165, 1.54) is 0 Å². The number of nitrogens with zero attached hydrogens (tertiary/aromatic N) is 3. The Morgan fingerprint density at radius 1 is 1.19 bits per heavy atom. The summed E-state index contributed by atoms with van der Waals surface area (Å²) in [6.45, 7) is 11.3. The molecule has 1 atom stereocenters. The van der Waals surface area contributed by atoms with Crippen LogP contribution >= 0.6 is 0 Å². The summed E-state index contributed by atoms with van der Waals surface area (Å²) in [6.07, 6.45) is 2.66. The van der Waals surface area contributed by atoms with E-state index < -0.39 is 10.0 Å². The summed E-state index contributed by atoms with van der Waals surface area (Å²) in [7, 11) is -3.55. The van der Waals surface area contributed by atoms with Crippen molar-refractivity contribution in [3.8, 4) is 0 Å². The van der Waals surface area contributed by atoms with E-state index in [-0.39, 0.29) is 11.9 Å². The van der Waals surface area contributed by atoms with Crippen LogP contribution in [0.1, 0.15) is 67.3 Å². The second-order valence-corrected chi connectivity index (χ2v) is 10.6. The lowest BCUT2D eigenvalue weighted by molar-refractivity contribution is 0.0939. The SMILES string of the molecule is CCC(C)NC(=O)c1ccc(Cn2nc(C)c(S(=O)(=O)N3CCC(C)CC3)c2C)cc1. The molecular formula is C23H34N4O3S. The third-order valence-electron chi connectivity index (χ3n) is 6.19. The highest BCUT2D eigenvalue weighted by molar-refractivity contribution is 7.89. The van der Waals surface area contributed by atoms with Gasteiger partial charge in [0.25, 0.3) is 5.91 Å². The zero-order valence-corrected chi connectivity index (χ0v) is 20.0. The Hall–Kier alpha value is -2.19. The van der Waals surface area contributed by atoms with E-state index >= 15 is 0 Å². The average Bonchev–Trinajstić information content (AvgIpc) is 3.02. The zero-order chi connectivity index (χ0) is 22.8. The fourth-order valence-electron chi connectivity index (χ4n) is 3.91. The van der Waals surface area contributed by atoms with Crippen molar-refractivity contribution in [3.63, 3.8) is 0 Å². The Labute approximate surface area is 185 Å². The predicted molar refractivity (Wildman–Crippen MR) is 122 cm³/mol. The largest absolute Gasteiger partial charge is 0.350 e. The molecule has 31 heavy (non-hydrogen) atoms. The highest BCUT2D eigenvalue weighted by atomic mass is 32.2. The second-order valence-electron chi connectivity index (χ2n) is 8.72. The summed E-state index contributed by atoms with van der Waals surface area (Å²) in [6, 6.07) is 7.51. The van der Waals surface area contributed by atoms with E-state index in [0.29, 0.717) is 47.4 Å². The zero-order valence-electron chi connectivity index (χ0n) is 19.2. The number of carbonyl (C=O) groups excluding carboxylic acids is 1. The van der Waals surface area contributed by atoms with Gasteiger partial charge in [-0.25, -0.2) is 8.42 Å². The van der Waals surface area contributed by atoms with Crippen molar-refractivity contribution in [2.75, 3.05) is 13.1 Å². The Balaban J connectivity index is 1.77. The van der Waals surface area contributed by atoms with Gasteiger partial charge < -0.3 is 5.32 Å². The lowest BCUT2D eigenvalue weighted by Gasteiger charge is -2.29. The number of benzene rings is 1. The molecule has 7 nitrogen and oxygen atoms in total. The van der Waals surface area contributed by atoms with Crippen LogP contribution in [0.2, 0.25) is 0 Å². The van der Waals surface area contributed by atoms with Crippen molar-refractivity contribution < 1.29 is 13.2 Å². The molecule has 8 heteroatoms. The standard InChI is InChI=1S/C23H34N4O3S/c1-6-17(3)24-23(28)21-9-7-20(8-10-21)15-27-19(5)22(18(4)25-27)31(29,30)26-13-11-16(2)12-14-26/h7-10,16-17H,6,11-15H2,1-5H3,(H,24,28). The minimum Gasteiger partial charge on any atom is -0.350 e. The number of sulfonamides is 1. The van der Waals surface area contributed by atoms with Gasteiger partial charge in [-0.3, -0.25) is 9.48 Å². The molecule has 2 heterocycles. The van der Waals surface area contributed by atoms with Crippen LogP contribution in [-0.4, -0.2) is 47.5 Å². The molecule has 1 aromatic carbocycles. The molecule has 170 valence electrons. The van der Waals surface area contributed by atoms with E-state index in [4.69, 9.17) is 0 Å². The molecule has 0 bridgehead atoms. The maximum absolute atomic E-state index is 13.3. The molecule has 1 unspecified atom stereocenters. The molecule has 1 N–H and O–H groups in total. The van der Waals surface area contributed by atoms with E-state index in [0.717, 1.165) is 24.8 Å². The number of piperidine rings is 1. The molecule has 1 aromatic heterocycles. The molecule has 1 saturated heterocycles. The average molecular weight is 447 g/mol. The summed E-state index contributed by atoms with van der Waals surface area (Å²) < 4.78 is 29.9. The highest BCUT2D eigenvalue weighted by Gasteiger charge is 2.32. The van der Waals surface area contributed by atoms with Crippen LogP contribution in [0.5, 0.6) is 0 Å². The number of nitrogens with one attached hydrogen (secondary N) is 1. The van der Waals surface area contributed by atoms with E-state index in [1.54, 1.807) is 28.0 Å². The van der Waals surface area contributed by atoms with Gasteiger partial charge in [-0.05, 0) is 63.6 Å². The molecule has 0 spiro atoms. The summed E-state index contributed by atoms with van der Waals surface area (Å²) in [5.41, 5.74) is 2.75. The van der Waals surface area contributed by atoms with Crippen LogP contribution < -0.4 is 5.32 Å². The number of hydrogen-bond acceptors (Lipinski definition) is 4. The molecule has 1 fully saturated rings. The molecule has 1 amide bonds. The van der Waals surface area contributed by atoms with Crippen molar-refractivity contribution in [1.82, 2.24) is 19.4 Å². The lowest BCUT2D eigenvalue weighted by Crippen LogP contribution is -2.38. The van der Waals surface area contributed by atoms with Gasteiger partial charge in [0.15, 0.2) is 0 Å². The van der Waals surface area contributed by atoms with Crippen molar-refractivity contribution >= 4 is 15.9 Å². The van der Waals surface area contributed by atoms with Crippen molar-refractivity contribution in [2.24, 2.45) is 5.92 Å². The molecule has 3 rings (SSSR count). The van der Waals surface area contributed by atoms with Crippen LogP contribution in [-0.2, 0) is 16.6 Å². The molecule has 2 aromatic rings. The first kappa shape index (κ1) is 23.5. The second kappa shape index (κ2) is 9.53. The van der Waals surface area contributed by atoms with E-state index in [2.05, 4.69) is 17.3 Å². The monoisotopic (exact) mass is 446 g/mol. The fourth-order valence-corrected chi connectivity index (χ4v) is 5.75. The maximum Gasteiger partial charge on any atom is 0.251 e. The third-order valence-corrected chi connectivity index (χ3v) is 8.35. The Bertz CT molecular complexity index is 1020. The maximum atomic E-state index is 13.3. The Morgan fingerprint density at radius 2 is 1.81 bits per heavy atom. The topological polar surface area (TPSA) is 84.3 Å². The van der Waals surface area contributed by atoms with Gasteiger partial charge in [-0.1, -0.05) is 26.0 Å². The lowest BCUT2D eigenvalue weighted by atomic mass is 10.0. The van der Waals surface area contributed by atoms with Gasteiger partial charge in [0.05, 0.1) is 17.9 Å². The number of rotatable bonds is 7. The first-order valence-electron chi connectivity index (χ1n) is 11.1. The first-order valence-corrected chi connectivity index (χ1v) is 12.5. The molecule has 1 aliphatic heterocycles. The van der Waals surface area contributed by atoms with Gasteiger partial charge in [0.2, 0.25) is 10.0 Å². The van der Waals surface area contributed by atoms with Crippen molar-refractivity contribution in [1.29, 1.82) is 0 Å². The summed E-state index contributed by atoms with van der Waals surface area (Å²) in [5, 5.41) is 7.48. The predicted octanol–water partition coefficient (Wildman–Crippen LogP) is 3.50.